The first-order valence-electron chi connectivity index (χ1n) is 7.06. The number of nitriles is 1. The highest BCUT2D eigenvalue weighted by atomic mass is 32.1. The Morgan fingerprint density at radius 1 is 1.32 bits per heavy atom. The third kappa shape index (κ3) is 2.68. The average molecular weight is 312 g/mol. The molecular formula is C16H16N4OS. The summed E-state index contributed by atoms with van der Waals surface area (Å²) < 4.78 is 7.34. The fraction of sp³-hybridized carbons (Fsp3) is 0.312. The van der Waals surface area contributed by atoms with Gasteiger partial charge in [-0.15, -0.1) is 0 Å². The van der Waals surface area contributed by atoms with Gasteiger partial charge >= 0.3 is 0 Å². The van der Waals surface area contributed by atoms with Crippen LogP contribution in [-0.2, 0) is 6.61 Å². The van der Waals surface area contributed by atoms with E-state index in [1.54, 1.807) is 4.52 Å². The molecule has 0 saturated heterocycles. The Labute approximate surface area is 132 Å². The van der Waals surface area contributed by atoms with Crippen LogP contribution in [0.1, 0.15) is 41.7 Å². The summed E-state index contributed by atoms with van der Waals surface area (Å²) in [7, 11) is 0. The maximum absolute atomic E-state index is 9.32. The number of benzene rings is 1. The molecule has 0 fully saturated rings. The van der Waals surface area contributed by atoms with E-state index in [1.165, 1.54) is 16.9 Å². The number of nitrogens with zero attached hydrogens (tertiary/aromatic N) is 4. The van der Waals surface area contributed by atoms with E-state index in [9.17, 15) is 5.26 Å². The Morgan fingerprint density at radius 3 is 2.68 bits per heavy atom. The van der Waals surface area contributed by atoms with Crippen LogP contribution in [0.4, 0.5) is 0 Å². The summed E-state index contributed by atoms with van der Waals surface area (Å²) in [6.07, 6.45) is 0. The van der Waals surface area contributed by atoms with Crippen molar-refractivity contribution in [2.45, 2.75) is 33.3 Å². The molecular weight excluding hydrogens is 296 g/mol. The summed E-state index contributed by atoms with van der Waals surface area (Å²) >= 11 is 1.45. The zero-order valence-electron chi connectivity index (χ0n) is 12.7. The summed E-state index contributed by atoms with van der Waals surface area (Å²) in [6, 6.07) is 10.1. The normalized spacial score (nSPS) is 11.0. The van der Waals surface area contributed by atoms with Crippen molar-refractivity contribution in [2.75, 3.05) is 0 Å². The number of hydrogen-bond donors (Lipinski definition) is 0. The molecule has 0 saturated carbocycles. The maximum Gasteiger partial charge on any atom is 0.213 e. The monoisotopic (exact) mass is 312 g/mol. The zero-order valence-corrected chi connectivity index (χ0v) is 13.5. The Kier molecular flexibility index (Phi) is 3.82. The summed E-state index contributed by atoms with van der Waals surface area (Å²) in [4.78, 5) is 5.25. The van der Waals surface area contributed by atoms with E-state index in [0.29, 0.717) is 12.3 Å². The largest absolute Gasteiger partial charge is 0.486 e. The molecule has 0 spiro atoms. The summed E-state index contributed by atoms with van der Waals surface area (Å²) in [6.45, 7) is 6.46. The minimum atomic E-state index is 0.204. The summed E-state index contributed by atoms with van der Waals surface area (Å²) in [5.41, 5.74) is 2.51. The molecule has 22 heavy (non-hydrogen) atoms. The number of fused-ring (bicyclic) bond motifs is 1. The second kappa shape index (κ2) is 5.78. The van der Waals surface area contributed by atoms with Crippen molar-refractivity contribution in [1.82, 2.24) is 14.6 Å². The van der Waals surface area contributed by atoms with E-state index < -0.39 is 0 Å². The molecule has 5 nitrogen and oxygen atoms in total. The van der Waals surface area contributed by atoms with Crippen molar-refractivity contribution in [2.24, 2.45) is 0 Å². The van der Waals surface area contributed by atoms with E-state index in [1.807, 2.05) is 45.0 Å². The minimum absolute atomic E-state index is 0.204. The van der Waals surface area contributed by atoms with Gasteiger partial charge in [-0.2, -0.15) is 14.9 Å². The quantitative estimate of drug-likeness (QED) is 0.737. The minimum Gasteiger partial charge on any atom is -0.486 e. The SMILES string of the molecule is Cc1ccc(OCc2nn3c(C#N)c(C(C)C)nc3s2)cc1. The lowest BCUT2D eigenvalue weighted by molar-refractivity contribution is 0.304. The van der Waals surface area contributed by atoms with E-state index in [2.05, 4.69) is 16.2 Å². The van der Waals surface area contributed by atoms with Gasteiger partial charge in [0.25, 0.3) is 0 Å². The topological polar surface area (TPSA) is 63.2 Å². The lowest BCUT2D eigenvalue weighted by Gasteiger charge is -2.03. The van der Waals surface area contributed by atoms with Crippen LogP contribution >= 0.6 is 11.3 Å². The fourth-order valence-corrected chi connectivity index (χ4v) is 2.96. The van der Waals surface area contributed by atoms with E-state index in [-0.39, 0.29) is 5.92 Å². The first-order valence-corrected chi connectivity index (χ1v) is 7.88. The number of rotatable bonds is 4. The third-order valence-corrected chi connectivity index (χ3v) is 4.19. The van der Waals surface area contributed by atoms with Gasteiger partial charge in [0.15, 0.2) is 10.7 Å². The van der Waals surface area contributed by atoms with Gasteiger partial charge in [0.05, 0.1) is 5.69 Å². The molecule has 0 aliphatic carbocycles. The van der Waals surface area contributed by atoms with Gasteiger partial charge in [0, 0.05) is 0 Å². The van der Waals surface area contributed by atoms with Crippen LogP contribution in [0, 0.1) is 18.3 Å². The highest BCUT2D eigenvalue weighted by molar-refractivity contribution is 7.16. The van der Waals surface area contributed by atoms with Crippen molar-refractivity contribution in [3.8, 4) is 11.8 Å². The van der Waals surface area contributed by atoms with Crippen LogP contribution in [0.25, 0.3) is 4.96 Å². The lowest BCUT2D eigenvalue weighted by atomic mass is 10.1. The molecule has 112 valence electrons. The fourth-order valence-electron chi connectivity index (χ4n) is 2.15. The van der Waals surface area contributed by atoms with Gasteiger partial charge in [-0.25, -0.2) is 4.98 Å². The van der Waals surface area contributed by atoms with Gasteiger partial charge in [-0.05, 0) is 25.0 Å². The van der Waals surface area contributed by atoms with Gasteiger partial charge in [0.1, 0.15) is 18.4 Å². The zero-order chi connectivity index (χ0) is 15.7. The highest BCUT2D eigenvalue weighted by Crippen LogP contribution is 2.24. The third-order valence-electron chi connectivity index (χ3n) is 3.31. The predicted molar refractivity (Wildman–Crippen MR) is 85.2 cm³/mol. The van der Waals surface area contributed by atoms with Crippen molar-refractivity contribution >= 4 is 16.3 Å². The number of imidazole rings is 1. The number of aromatic nitrogens is 3. The Morgan fingerprint density at radius 2 is 2.05 bits per heavy atom. The second-order valence-electron chi connectivity index (χ2n) is 5.40. The molecule has 1 aromatic carbocycles. The van der Waals surface area contributed by atoms with Gasteiger partial charge < -0.3 is 4.74 Å². The van der Waals surface area contributed by atoms with E-state index in [0.717, 1.165) is 21.4 Å². The molecule has 0 radical (unpaired) electrons. The van der Waals surface area contributed by atoms with Crippen LogP contribution in [-0.4, -0.2) is 14.6 Å². The molecule has 2 heterocycles. The van der Waals surface area contributed by atoms with Gasteiger partial charge in [-0.3, -0.25) is 0 Å². The van der Waals surface area contributed by atoms with Crippen LogP contribution in [0.2, 0.25) is 0 Å². The molecule has 0 unspecified atom stereocenters. The summed E-state index contributed by atoms with van der Waals surface area (Å²) in [5.74, 6) is 1.01. The van der Waals surface area contributed by atoms with Crippen LogP contribution in [0.15, 0.2) is 24.3 Å². The van der Waals surface area contributed by atoms with Gasteiger partial charge in [0.2, 0.25) is 4.96 Å². The average Bonchev–Trinajstić information content (AvgIpc) is 3.03. The molecule has 0 aliphatic rings. The van der Waals surface area contributed by atoms with Crippen molar-refractivity contribution in [1.29, 1.82) is 5.26 Å². The molecule has 6 heteroatoms. The van der Waals surface area contributed by atoms with E-state index in [4.69, 9.17) is 4.74 Å². The molecule has 0 N–H and O–H groups in total. The van der Waals surface area contributed by atoms with Gasteiger partial charge in [-0.1, -0.05) is 42.9 Å². The molecule has 3 rings (SSSR count). The molecule has 0 amide bonds. The standard InChI is InChI=1S/C16H16N4OS/c1-10(2)15-13(8-17)20-16(18-15)22-14(19-20)9-21-12-6-4-11(3)5-7-12/h4-7,10H,9H2,1-3H3. The first kappa shape index (κ1) is 14.5. The molecule has 0 aliphatic heterocycles. The molecule has 3 aromatic rings. The predicted octanol–water partition coefficient (Wildman–Crippen LogP) is 3.67. The number of aryl methyl sites for hydroxylation is 1. The lowest BCUT2D eigenvalue weighted by Crippen LogP contribution is -1.99. The Hall–Kier alpha value is -2.39. The first-order chi connectivity index (χ1) is 10.6. The highest BCUT2D eigenvalue weighted by Gasteiger charge is 2.18. The Balaban J connectivity index is 1.82. The van der Waals surface area contributed by atoms with E-state index >= 15 is 0 Å². The summed E-state index contributed by atoms with van der Waals surface area (Å²) in [5, 5.41) is 14.6. The van der Waals surface area contributed by atoms with Crippen molar-refractivity contribution < 1.29 is 4.74 Å². The van der Waals surface area contributed by atoms with Crippen molar-refractivity contribution in [3.63, 3.8) is 0 Å². The molecule has 2 aromatic heterocycles. The molecule has 0 atom stereocenters. The Bertz CT molecular complexity index is 840. The van der Waals surface area contributed by atoms with Crippen LogP contribution in [0.5, 0.6) is 5.75 Å². The smallest absolute Gasteiger partial charge is 0.213 e. The second-order valence-corrected chi connectivity index (χ2v) is 6.44. The van der Waals surface area contributed by atoms with Crippen LogP contribution in [0.3, 0.4) is 0 Å². The van der Waals surface area contributed by atoms with Crippen molar-refractivity contribution in [3.05, 3.63) is 46.2 Å². The van der Waals surface area contributed by atoms with Crippen LogP contribution < -0.4 is 4.74 Å². The maximum atomic E-state index is 9.32. The number of ether oxygens (including phenoxy) is 1. The number of hydrogen-bond acceptors (Lipinski definition) is 5. The molecule has 0 bridgehead atoms.